The number of nitrogens with zero attached hydrogens (tertiary/aromatic N) is 3. The summed E-state index contributed by atoms with van der Waals surface area (Å²) >= 11 is 0. The number of aryl methyl sites for hydroxylation is 2. The van der Waals surface area contributed by atoms with Gasteiger partial charge in [-0.3, -0.25) is 9.48 Å². The smallest absolute Gasteiger partial charge is 0.257 e. The van der Waals surface area contributed by atoms with Crippen molar-refractivity contribution in [3.63, 3.8) is 0 Å². The quantitative estimate of drug-likeness (QED) is 0.760. The lowest BCUT2D eigenvalue weighted by Crippen LogP contribution is -2.37. The Labute approximate surface area is 156 Å². The Balaban J connectivity index is 1.82. The summed E-state index contributed by atoms with van der Waals surface area (Å²) in [6.07, 6.45) is 4.94. The highest BCUT2D eigenvalue weighted by Gasteiger charge is 2.26. The van der Waals surface area contributed by atoms with Gasteiger partial charge in [-0.15, -0.1) is 0 Å². The Bertz CT molecular complexity index is 747. The topological polar surface area (TPSA) is 47.4 Å². The van der Waals surface area contributed by atoms with Crippen LogP contribution in [0, 0.1) is 13.8 Å². The molecule has 2 heterocycles. The van der Waals surface area contributed by atoms with Crippen LogP contribution in [0.25, 0.3) is 0 Å². The number of amides is 1. The fourth-order valence-corrected chi connectivity index (χ4v) is 3.55. The number of aromatic nitrogens is 2. The van der Waals surface area contributed by atoms with Crippen LogP contribution < -0.4 is 0 Å². The van der Waals surface area contributed by atoms with E-state index in [1.807, 2.05) is 22.6 Å². The Morgan fingerprint density at radius 1 is 1.38 bits per heavy atom. The zero-order valence-corrected chi connectivity index (χ0v) is 16.1. The Kier molecular flexibility index (Phi) is 6.09. The minimum Gasteiger partial charge on any atom is -0.376 e. The molecule has 1 aliphatic rings. The van der Waals surface area contributed by atoms with E-state index in [9.17, 15) is 4.79 Å². The van der Waals surface area contributed by atoms with E-state index in [1.165, 1.54) is 5.56 Å². The Morgan fingerprint density at radius 3 is 2.92 bits per heavy atom. The second-order valence-electron chi connectivity index (χ2n) is 7.18. The number of benzene rings is 1. The summed E-state index contributed by atoms with van der Waals surface area (Å²) in [7, 11) is 0. The summed E-state index contributed by atoms with van der Waals surface area (Å²) in [5, 5.41) is 4.40. The Hall–Kier alpha value is -2.14. The molecule has 0 bridgehead atoms. The van der Waals surface area contributed by atoms with E-state index in [1.54, 1.807) is 6.20 Å². The van der Waals surface area contributed by atoms with Gasteiger partial charge in [-0.2, -0.15) is 5.10 Å². The molecule has 0 spiro atoms. The van der Waals surface area contributed by atoms with Crippen molar-refractivity contribution < 1.29 is 9.53 Å². The van der Waals surface area contributed by atoms with Gasteiger partial charge in [-0.25, -0.2) is 0 Å². The largest absolute Gasteiger partial charge is 0.376 e. The van der Waals surface area contributed by atoms with E-state index in [-0.39, 0.29) is 12.0 Å². The number of hydrogen-bond acceptors (Lipinski definition) is 3. The van der Waals surface area contributed by atoms with Crippen molar-refractivity contribution >= 4 is 5.91 Å². The van der Waals surface area contributed by atoms with Gasteiger partial charge in [0.15, 0.2) is 0 Å². The zero-order chi connectivity index (χ0) is 18.5. The van der Waals surface area contributed by atoms with E-state index in [2.05, 4.69) is 37.1 Å². The first kappa shape index (κ1) is 18.6. The first-order valence-electron chi connectivity index (χ1n) is 9.57. The van der Waals surface area contributed by atoms with Gasteiger partial charge >= 0.3 is 0 Å². The maximum atomic E-state index is 13.3. The highest BCUT2D eigenvalue weighted by molar-refractivity contribution is 5.95. The number of carbonyl (C=O) groups is 1. The molecule has 1 aliphatic heterocycles. The summed E-state index contributed by atoms with van der Waals surface area (Å²) in [5.41, 5.74) is 4.00. The lowest BCUT2D eigenvalue weighted by Gasteiger charge is -2.26. The maximum Gasteiger partial charge on any atom is 0.257 e. The molecule has 26 heavy (non-hydrogen) atoms. The highest BCUT2D eigenvalue weighted by Crippen LogP contribution is 2.19. The van der Waals surface area contributed by atoms with Crippen molar-refractivity contribution in [3.05, 3.63) is 52.8 Å². The Morgan fingerprint density at radius 2 is 2.23 bits per heavy atom. The molecule has 0 unspecified atom stereocenters. The van der Waals surface area contributed by atoms with Crippen LogP contribution in [0.15, 0.2) is 30.5 Å². The summed E-state index contributed by atoms with van der Waals surface area (Å²) in [5.74, 6) is 0.0434. The molecule has 0 N–H and O–H groups in total. The fraction of sp³-hybridized carbons (Fsp3) is 0.524. The monoisotopic (exact) mass is 355 g/mol. The van der Waals surface area contributed by atoms with E-state index in [0.29, 0.717) is 18.7 Å². The van der Waals surface area contributed by atoms with E-state index in [0.717, 1.165) is 43.7 Å². The molecule has 1 aromatic heterocycles. The van der Waals surface area contributed by atoms with Crippen LogP contribution in [-0.4, -0.2) is 39.8 Å². The summed E-state index contributed by atoms with van der Waals surface area (Å²) in [6, 6.07) is 8.35. The number of hydrogen-bond donors (Lipinski definition) is 0. The van der Waals surface area contributed by atoms with E-state index in [4.69, 9.17) is 4.74 Å². The second kappa shape index (κ2) is 8.49. The van der Waals surface area contributed by atoms with Gasteiger partial charge < -0.3 is 9.64 Å². The minimum atomic E-state index is 0.0434. The van der Waals surface area contributed by atoms with Crippen molar-refractivity contribution in [2.45, 2.75) is 59.2 Å². The average Bonchev–Trinajstić information content (AvgIpc) is 3.25. The molecule has 2 aromatic rings. The van der Waals surface area contributed by atoms with Gasteiger partial charge in [0, 0.05) is 31.9 Å². The van der Waals surface area contributed by atoms with Crippen molar-refractivity contribution in [1.82, 2.24) is 14.7 Å². The second-order valence-corrected chi connectivity index (χ2v) is 7.18. The molecule has 140 valence electrons. The molecule has 1 saturated heterocycles. The predicted octanol–water partition coefficient (Wildman–Crippen LogP) is 3.73. The molecule has 1 atom stereocenters. The highest BCUT2D eigenvalue weighted by atomic mass is 16.5. The van der Waals surface area contributed by atoms with Crippen molar-refractivity contribution in [3.8, 4) is 0 Å². The van der Waals surface area contributed by atoms with Gasteiger partial charge in [0.05, 0.1) is 17.9 Å². The third kappa shape index (κ3) is 4.33. The first-order valence-corrected chi connectivity index (χ1v) is 9.57. The minimum absolute atomic E-state index is 0.0434. The molecule has 3 rings (SSSR count). The molecule has 0 saturated carbocycles. The molecular formula is C21H29N3O2. The number of rotatable bonds is 7. The van der Waals surface area contributed by atoms with Crippen LogP contribution in [0.5, 0.6) is 0 Å². The van der Waals surface area contributed by atoms with Crippen LogP contribution >= 0.6 is 0 Å². The van der Waals surface area contributed by atoms with Crippen molar-refractivity contribution in [2.75, 3.05) is 13.2 Å². The number of ether oxygens (including phenoxy) is 1. The molecule has 1 amide bonds. The van der Waals surface area contributed by atoms with Gasteiger partial charge in [0.25, 0.3) is 5.91 Å². The van der Waals surface area contributed by atoms with Crippen molar-refractivity contribution in [1.29, 1.82) is 0 Å². The van der Waals surface area contributed by atoms with Gasteiger partial charge in [0.1, 0.15) is 0 Å². The van der Waals surface area contributed by atoms with Crippen LogP contribution in [0.2, 0.25) is 0 Å². The van der Waals surface area contributed by atoms with Gasteiger partial charge in [0.2, 0.25) is 0 Å². The predicted molar refractivity (Wildman–Crippen MR) is 102 cm³/mol. The summed E-state index contributed by atoms with van der Waals surface area (Å²) in [6.45, 7) is 9.03. The zero-order valence-electron chi connectivity index (χ0n) is 16.1. The van der Waals surface area contributed by atoms with E-state index < -0.39 is 0 Å². The van der Waals surface area contributed by atoms with Crippen LogP contribution in [0.4, 0.5) is 0 Å². The normalized spacial score (nSPS) is 16.8. The maximum absolute atomic E-state index is 13.3. The first-order chi connectivity index (χ1) is 12.6. The lowest BCUT2D eigenvalue weighted by atomic mass is 10.1. The average molecular weight is 355 g/mol. The van der Waals surface area contributed by atoms with Crippen LogP contribution in [0.1, 0.15) is 53.4 Å². The summed E-state index contributed by atoms with van der Waals surface area (Å²) in [4.78, 5) is 15.2. The lowest BCUT2D eigenvalue weighted by molar-refractivity contribution is 0.0506. The molecule has 1 fully saturated rings. The molecule has 0 radical (unpaired) electrons. The van der Waals surface area contributed by atoms with Gasteiger partial charge in [-0.1, -0.05) is 36.8 Å². The molecule has 5 nitrogen and oxygen atoms in total. The van der Waals surface area contributed by atoms with E-state index >= 15 is 0 Å². The SMILES string of the molecule is CCCn1ncc(C(=O)N(Cc2cccc(C)c2)C[C@@H]2CCCO2)c1C. The standard InChI is InChI=1S/C21H29N3O2/c1-4-10-24-17(3)20(13-22-24)21(25)23(15-19-9-6-11-26-19)14-18-8-5-7-16(2)12-18/h5,7-8,12-13,19H,4,6,9-11,14-15H2,1-3H3/t19-/m0/s1. The van der Waals surface area contributed by atoms with Gasteiger partial charge in [-0.05, 0) is 38.7 Å². The van der Waals surface area contributed by atoms with Crippen molar-refractivity contribution in [2.24, 2.45) is 0 Å². The number of carbonyl (C=O) groups excluding carboxylic acids is 1. The fourth-order valence-electron chi connectivity index (χ4n) is 3.55. The molecular weight excluding hydrogens is 326 g/mol. The third-order valence-corrected chi connectivity index (χ3v) is 4.96. The third-order valence-electron chi connectivity index (χ3n) is 4.96. The van der Waals surface area contributed by atoms with Crippen LogP contribution in [0.3, 0.4) is 0 Å². The molecule has 0 aliphatic carbocycles. The molecule has 5 heteroatoms. The molecule has 1 aromatic carbocycles. The summed E-state index contributed by atoms with van der Waals surface area (Å²) < 4.78 is 7.71. The van der Waals surface area contributed by atoms with Crippen LogP contribution in [-0.2, 0) is 17.8 Å².